The highest BCUT2D eigenvalue weighted by molar-refractivity contribution is 7.21. The van der Waals surface area contributed by atoms with Gasteiger partial charge in [-0.15, -0.1) is 11.3 Å². The molecule has 0 atom stereocenters. The molecule has 0 aliphatic heterocycles. The summed E-state index contributed by atoms with van der Waals surface area (Å²) in [5, 5.41) is 5.71. The molecule has 0 unspecified atom stereocenters. The second-order valence-electron chi connectivity index (χ2n) is 6.50. The molecule has 0 saturated heterocycles. The van der Waals surface area contributed by atoms with Crippen LogP contribution in [0, 0.1) is 0 Å². The Balaban J connectivity index is 1.50. The fourth-order valence-corrected chi connectivity index (χ4v) is 4.52. The summed E-state index contributed by atoms with van der Waals surface area (Å²) in [6.07, 6.45) is 1.38. The van der Waals surface area contributed by atoms with Crippen molar-refractivity contribution in [1.82, 2.24) is 5.43 Å². The lowest BCUT2D eigenvalue weighted by atomic mass is 10.2. The normalized spacial score (nSPS) is 11.1. The van der Waals surface area contributed by atoms with Crippen LogP contribution in [0.1, 0.15) is 25.6 Å². The van der Waals surface area contributed by atoms with Crippen LogP contribution in [0.4, 0.5) is 0 Å². The van der Waals surface area contributed by atoms with Crippen molar-refractivity contribution in [2.45, 2.75) is 0 Å². The number of ether oxygens (including phenoxy) is 1. The van der Waals surface area contributed by atoms with Gasteiger partial charge in [0.15, 0.2) is 0 Å². The number of nitrogens with zero attached hydrogens (tertiary/aromatic N) is 1. The monoisotopic (exact) mass is 502 g/mol. The number of rotatable bonds is 5. The molecule has 0 aliphatic rings. The van der Waals surface area contributed by atoms with Gasteiger partial charge in [-0.3, -0.25) is 4.79 Å². The number of benzene rings is 3. The quantitative estimate of drug-likeness (QED) is 0.140. The van der Waals surface area contributed by atoms with E-state index >= 15 is 0 Å². The SMILES string of the molecule is O=C(N/N=C\c1ccccc1OC(=O)c1sc2ccccc2c1Cl)c1ccc(Cl)c(Cl)c1. The molecule has 9 heteroatoms. The fraction of sp³-hybridized carbons (Fsp3) is 0. The van der Waals surface area contributed by atoms with Gasteiger partial charge in [-0.1, -0.05) is 65.1 Å². The van der Waals surface area contributed by atoms with E-state index in [9.17, 15) is 9.59 Å². The summed E-state index contributed by atoms with van der Waals surface area (Å²) in [6, 6.07) is 18.8. The van der Waals surface area contributed by atoms with Crippen molar-refractivity contribution in [2.75, 3.05) is 0 Å². The van der Waals surface area contributed by atoms with Gasteiger partial charge < -0.3 is 4.74 Å². The van der Waals surface area contributed by atoms with Gasteiger partial charge in [0.2, 0.25) is 0 Å². The molecule has 1 heterocycles. The van der Waals surface area contributed by atoms with Crippen LogP contribution < -0.4 is 10.2 Å². The van der Waals surface area contributed by atoms with Gasteiger partial charge in [-0.25, -0.2) is 10.2 Å². The molecule has 32 heavy (non-hydrogen) atoms. The third kappa shape index (κ3) is 4.79. The van der Waals surface area contributed by atoms with Gasteiger partial charge in [0.25, 0.3) is 5.91 Å². The number of fused-ring (bicyclic) bond motifs is 1. The zero-order valence-corrected chi connectivity index (χ0v) is 19.2. The maximum Gasteiger partial charge on any atom is 0.355 e. The van der Waals surface area contributed by atoms with Crippen molar-refractivity contribution in [2.24, 2.45) is 5.10 Å². The first-order chi connectivity index (χ1) is 15.4. The Hall–Kier alpha value is -2.90. The average Bonchev–Trinajstić information content (AvgIpc) is 3.13. The molecule has 3 aromatic carbocycles. The van der Waals surface area contributed by atoms with Crippen LogP contribution in [-0.4, -0.2) is 18.1 Å². The molecule has 0 fully saturated rings. The molecule has 0 bridgehead atoms. The van der Waals surface area contributed by atoms with E-state index < -0.39 is 11.9 Å². The third-order valence-corrected chi connectivity index (χ3v) is 6.79. The first-order valence-corrected chi connectivity index (χ1v) is 11.2. The summed E-state index contributed by atoms with van der Waals surface area (Å²) in [4.78, 5) is 25.3. The molecule has 4 aromatic rings. The number of hydrogen-bond acceptors (Lipinski definition) is 5. The number of esters is 1. The van der Waals surface area contributed by atoms with Crippen molar-refractivity contribution in [3.8, 4) is 5.75 Å². The van der Waals surface area contributed by atoms with Gasteiger partial charge in [0.05, 0.1) is 21.3 Å². The van der Waals surface area contributed by atoms with E-state index in [1.54, 1.807) is 24.3 Å². The first kappa shape index (κ1) is 22.3. The highest BCUT2D eigenvalue weighted by atomic mass is 35.5. The van der Waals surface area contributed by atoms with Gasteiger partial charge in [0, 0.05) is 21.2 Å². The number of hydrogen-bond donors (Lipinski definition) is 1. The maximum absolute atomic E-state index is 12.7. The van der Waals surface area contributed by atoms with Crippen LogP contribution in [0.2, 0.25) is 15.1 Å². The Bertz CT molecular complexity index is 1370. The largest absolute Gasteiger partial charge is 0.422 e. The standard InChI is InChI=1S/C23H13Cl3N2O3S/c24-16-10-9-13(11-17(16)25)22(29)28-27-12-14-5-1-3-7-18(14)31-23(30)21-20(26)15-6-2-4-8-19(15)32-21/h1-12H,(H,28,29)/b27-12-. The fourth-order valence-electron chi connectivity index (χ4n) is 2.83. The summed E-state index contributed by atoms with van der Waals surface area (Å²) in [5.74, 6) is -0.762. The lowest BCUT2D eigenvalue weighted by Gasteiger charge is -2.06. The second kappa shape index (κ2) is 9.71. The van der Waals surface area contributed by atoms with Gasteiger partial charge in [0.1, 0.15) is 10.6 Å². The zero-order chi connectivity index (χ0) is 22.7. The molecule has 0 aliphatic carbocycles. The predicted octanol–water partition coefficient (Wildman–Crippen LogP) is 6.84. The summed E-state index contributed by atoms with van der Waals surface area (Å²) in [6.45, 7) is 0. The Kier molecular flexibility index (Phi) is 6.77. The first-order valence-electron chi connectivity index (χ1n) is 9.20. The van der Waals surface area contributed by atoms with Crippen molar-refractivity contribution >= 4 is 74.3 Å². The molecule has 1 amide bonds. The summed E-state index contributed by atoms with van der Waals surface area (Å²) in [7, 11) is 0. The number of carbonyl (C=O) groups is 2. The van der Waals surface area contributed by atoms with E-state index in [1.807, 2.05) is 24.3 Å². The molecule has 5 nitrogen and oxygen atoms in total. The number of carbonyl (C=O) groups excluding carboxylic acids is 2. The van der Waals surface area contributed by atoms with Crippen LogP contribution >= 0.6 is 46.1 Å². The second-order valence-corrected chi connectivity index (χ2v) is 8.74. The minimum Gasteiger partial charge on any atom is -0.422 e. The van der Waals surface area contributed by atoms with Crippen LogP contribution in [0.25, 0.3) is 10.1 Å². The highest BCUT2D eigenvalue weighted by Crippen LogP contribution is 2.36. The van der Waals surface area contributed by atoms with E-state index in [0.29, 0.717) is 26.0 Å². The van der Waals surface area contributed by atoms with Crippen molar-refractivity contribution in [3.05, 3.63) is 97.8 Å². The molecular weight excluding hydrogens is 491 g/mol. The van der Waals surface area contributed by atoms with E-state index in [2.05, 4.69) is 10.5 Å². The average molecular weight is 504 g/mol. The molecule has 0 saturated carbocycles. The number of hydrazone groups is 1. The lowest BCUT2D eigenvalue weighted by molar-refractivity contribution is 0.0739. The van der Waals surface area contributed by atoms with Crippen LogP contribution in [0.5, 0.6) is 5.75 Å². The molecule has 0 radical (unpaired) electrons. The van der Waals surface area contributed by atoms with E-state index in [0.717, 1.165) is 10.1 Å². The Morgan fingerprint density at radius 1 is 0.938 bits per heavy atom. The molecular formula is C23H13Cl3N2O3S. The minimum atomic E-state index is -0.572. The molecule has 0 spiro atoms. The number of halogens is 3. The summed E-state index contributed by atoms with van der Waals surface area (Å²) >= 11 is 19.4. The molecule has 1 aromatic heterocycles. The number of para-hydroxylation sites is 1. The lowest BCUT2D eigenvalue weighted by Crippen LogP contribution is -2.17. The van der Waals surface area contributed by atoms with Gasteiger partial charge >= 0.3 is 5.97 Å². The zero-order valence-electron chi connectivity index (χ0n) is 16.1. The van der Waals surface area contributed by atoms with Crippen LogP contribution in [-0.2, 0) is 0 Å². The molecule has 160 valence electrons. The van der Waals surface area contributed by atoms with Crippen molar-refractivity contribution in [1.29, 1.82) is 0 Å². The Morgan fingerprint density at radius 3 is 2.47 bits per heavy atom. The number of amides is 1. The van der Waals surface area contributed by atoms with Crippen LogP contribution in [0.3, 0.4) is 0 Å². The smallest absolute Gasteiger partial charge is 0.355 e. The molecule has 1 N–H and O–H groups in total. The van der Waals surface area contributed by atoms with E-state index in [4.69, 9.17) is 39.5 Å². The van der Waals surface area contributed by atoms with E-state index in [-0.39, 0.29) is 10.8 Å². The summed E-state index contributed by atoms with van der Waals surface area (Å²) < 4.78 is 6.46. The Morgan fingerprint density at radius 2 is 1.69 bits per heavy atom. The third-order valence-electron chi connectivity index (χ3n) is 4.39. The number of nitrogens with one attached hydrogen (secondary N) is 1. The van der Waals surface area contributed by atoms with Crippen molar-refractivity contribution in [3.63, 3.8) is 0 Å². The maximum atomic E-state index is 12.7. The van der Waals surface area contributed by atoms with E-state index in [1.165, 1.54) is 35.8 Å². The van der Waals surface area contributed by atoms with Gasteiger partial charge in [-0.2, -0.15) is 5.10 Å². The van der Waals surface area contributed by atoms with Crippen LogP contribution in [0.15, 0.2) is 71.8 Å². The highest BCUT2D eigenvalue weighted by Gasteiger charge is 2.19. The number of thiophene rings is 1. The summed E-state index contributed by atoms with van der Waals surface area (Å²) in [5.41, 5.74) is 3.20. The molecule has 4 rings (SSSR count). The topological polar surface area (TPSA) is 67.8 Å². The van der Waals surface area contributed by atoms with Crippen molar-refractivity contribution < 1.29 is 14.3 Å². The van der Waals surface area contributed by atoms with Gasteiger partial charge in [-0.05, 0) is 36.4 Å². The predicted molar refractivity (Wildman–Crippen MR) is 130 cm³/mol. The minimum absolute atomic E-state index is 0.264. The Labute approximate surface area is 202 Å².